The molecule has 5 heteroatoms. The first-order valence-electron chi connectivity index (χ1n) is 4.02. The zero-order chi connectivity index (χ0) is 9.26. The Kier molecular flexibility index (Phi) is 2.02. The maximum atomic E-state index is 5.77. The Morgan fingerprint density at radius 2 is 2.46 bits per heavy atom. The Hall–Kier alpha value is -1.36. The summed E-state index contributed by atoms with van der Waals surface area (Å²) < 4.78 is 2.02. The van der Waals surface area contributed by atoms with Crippen molar-refractivity contribution in [3.63, 3.8) is 0 Å². The van der Waals surface area contributed by atoms with Gasteiger partial charge in [-0.1, -0.05) is 0 Å². The zero-order valence-electron chi connectivity index (χ0n) is 7.27. The summed E-state index contributed by atoms with van der Waals surface area (Å²) in [6.07, 6.45) is 3.57. The number of aromatic nitrogens is 3. The lowest BCUT2D eigenvalue weighted by Crippen LogP contribution is -1.96. The molecule has 0 saturated carbocycles. The SMILES string of the molecule is CCn1cncc1-c1ncsc1N. The van der Waals surface area contributed by atoms with Gasteiger partial charge in [-0.25, -0.2) is 9.97 Å². The molecule has 2 aromatic heterocycles. The van der Waals surface area contributed by atoms with Gasteiger partial charge in [0, 0.05) is 6.54 Å². The number of aryl methyl sites for hydroxylation is 1. The molecule has 0 amide bonds. The molecule has 0 atom stereocenters. The minimum Gasteiger partial charge on any atom is -0.389 e. The second-order valence-electron chi connectivity index (χ2n) is 2.63. The quantitative estimate of drug-likeness (QED) is 0.790. The molecule has 0 aliphatic carbocycles. The molecule has 0 spiro atoms. The van der Waals surface area contributed by atoms with E-state index < -0.39 is 0 Å². The number of nitrogens with two attached hydrogens (primary N) is 1. The van der Waals surface area contributed by atoms with Gasteiger partial charge in [-0.3, -0.25) is 0 Å². The molecule has 0 radical (unpaired) electrons. The summed E-state index contributed by atoms with van der Waals surface area (Å²) in [7, 11) is 0. The number of imidazole rings is 1. The predicted octanol–water partition coefficient (Wildman–Crippen LogP) is 1.61. The summed E-state index contributed by atoms with van der Waals surface area (Å²) in [5.74, 6) is 0. The summed E-state index contributed by atoms with van der Waals surface area (Å²) >= 11 is 1.45. The van der Waals surface area contributed by atoms with Gasteiger partial charge in [0.1, 0.15) is 10.7 Å². The fourth-order valence-corrected chi connectivity index (χ4v) is 1.76. The van der Waals surface area contributed by atoms with Crippen molar-refractivity contribution in [2.75, 3.05) is 5.73 Å². The molecular weight excluding hydrogens is 184 g/mol. The van der Waals surface area contributed by atoms with Crippen LogP contribution in [-0.2, 0) is 6.54 Å². The molecule has 2 rings (SSSR count). The molecular formula is C8H10N4S. The van der Waals surface area contributed by atoms with Crippen LogP contribution in [0.5, 0.6) is 0 Å². The molecule has 2 N–H and O–H groups in total. The first kappa shape index (κ1) is 8.25. The van der Waals surface area contributed by atoms with Gasteiger partial charge in [0.15, 0.2) is 0 Å². The van der Waals surface area contributed by atoms with Crippen LogP contribution in [0.2, 0.25) is 0 Å². The van der Waals surface area contributed by atoms with E-state index in [1.54, 1.807) is 18.0 Å². The second kappa shape index (κ2) is 3.18. The molecule has 0 aromatic carbocycles. The van der Waals surface area contributed by atoms with E-state index in [0.717, 1.165) is 22.9 Å². The van der Waals surface area contributed by atoms with Gasteiger partial charge in [0.25, 0.3) is 0 Å². The summed E-state index contributed by atoms with van der Waals surface area (Å²) in [4.78, 5) is 8.26. The zero-order valence-corrected chi connectivity index (χ0v) is 8.08. The highest BCUT2D eigenvalue weighted by Gasteiger charge is 2.09. The van der Waals surface area contributed by atoms with Gasteiger partial charge in [0.2, 0.25) is 0 Å². The molecule has 2 aromatic rings. The second-order valence-corrected chi connectivity index (χ2v) is 3.52. The number of rotatable bonds is 2. The van der Waals surface area contributed by atoms with E-state index in [2.05, 4.69) is 16.9 Å². The number of hydrogen-bond donors (Lipinski definition) is 1. The Bertz CT molecular complexity index is 404. The van der Waals surface area contributed by atoms with E-state index in [9.17, 15) is 0 Å². The van der Waals surface area contributed by atoms with Crippen LogP contribution in [0.4, 0.5) is 5.00 Å². The molecule has 0 fully saturated rings. The lowest BCUT2D eigenvalue weighted by molar-refractivity contribution is 0.767. The number of hydrogen-bond acceptors (Lipinski definition) is 4. The Balaban J connectivity index is 2.52. The van der Waals surface area contributed by atoms with Crippen molar-refractivity contribution in [3.8, 4) is 11.4 Å². The van der Waals surface area contributed by atoms with Crippen LogP contribution in [0.1, 0.15) is 6.92 Å². The van der Waals surface area contributed by atoms with Gasteiger partial charge in [0.05, 0.1) is 23.7 Å². The summed E-state index contributed by atoms with van der Waals surface area (Å²) in [5.41, 5.74) is 9.34. The molecule has 4 nitrogen and oxygen atoms in total. The Morgan fingerprint density at radius 1 is 1.62 bits per heavy atom. The van der Waals surface area contributed by atoms with Gasteiger partial charge in [-0.15, -0.1) is 11.3 Å². The summed E-state index contributed by atoms with van der Waals surface area (Å²) in [6, 6.07) is 0. The highest BCUT2D eigenvalue weighted by Crippen LogP contribution is 2.26. The lowest BCUT2D eigenvalue weighted by Gasteiger charge is -2.01. The van der Waals surface area contributed by atoms with Crippen LogP contribution in [0.25, 0.3) is 11.4 Å². The van der Waals surface area contributed by atoms with Crippen molar-refractivity contribution in [1.29, 1.82) is 0 Å². The monoisotopic (exact) mass is 194 g/mol. The Morgan fingerprint density at radius 3 is 3.08 bits per heavy atom. The highest BCUT2D eigenvalue weighted by atomic mass is 32.1. The third-order valence-corrected chi connectivity index (χ3v) is 2.55. The predicted molar refractivity (Wildman–Crippen MR) is 53.4 cm³/mol. The average molecular weight is 194 g/mol. The average Bonchev–Trinajstić information content (AvgIpc) is 2.71. The van der Waals surface area contributed by atoms with Crippen molar-refractivity contribution >= 4 is 16.3 Å². The third kappa shape index (κ3) is 1.31. The molecule has 0 unspecified atom stereocenters. The van der Waals surface area contributed by atoms with E-state index in [0.29, 0.717) is 0 Å². The largest absolute Gasteiger partial charge is 0.389 e. The fraction of sp³-hybridized carbons (Fsp3) is 0.250. The maximum Gasteiger partial charge on any atom is 0.123 e. The third-order valence-electron chi connectivity index (χ3n) is 1.89. The van der Waals surface area contributed by atoms with E-state index in [-0.39, 0.29) is 0 Å². The normalized spacial score (nSPS) is 10.5. The number of nitrogen functional groups attached to an aromatic ring is 1. The van der Waals surface area contributed by atoms with Crippen LogP contribution in [-0.4, -0.2) is 14.5 Å². The standard InChI is InChI=1S/C8H10N4S/c1-2-12-4-10-3-6(12)7-8(9)13-5-11-7/h3-5H,2,9H2,1H3. The number of anilines is 1. The topological polar surface area (TPSA) is 56.7 Å². The van der Waals surface area contributed by atoms with Crippen molar-refractivity contribution in [2.24, 2.45) is 0 Å². The van der Waals surface area contributed by atoms with Crippen LogP contribution in [0.15, 0.2) is 18.0 Å². The molecule has 2 heterocycles. The lowest BCUT2D eigenvalue weighted by atomic mass is 10.3. The van der Waals surface area contributed by atoms with Crippen LogP contribution >= 0.6 is 11.3 Å². The van der Waals surface area contributed by atoms with E-state index in [1.165, 1.54) is 11.3 Å². The highest BCUT2D eigenvalue weighted by molar-refractivity contribution is 7.14. The fourth-order valence-electron chi connectivity index (χ4n) is 1.22. The van der Waals surface area contributed by atoms with Gasteiger partial charge in [-0.05, 0) is 6.92 Å². The summed E-state index contributed by atoms with van der Waals surface area (Å²) in [5, 5.41) is 0.746. The molecule has 0 aliphatic rings. The van der Waals surface area contributed by atoms with E-state index >= 15 is 0 Å². The first-order chi connectivity index (χ1) is 6.33. The van der Waals surface area contributed by atoms with Crippen LogP contribution < -0.4 is 5.73 Å². The maximum absolute atomic E-state index is 5.77. The van der Waals surface area contributed by atoms with E-state index in [1.807, 2.05) is 4.57 Å². The molecule has 0 aliphatic heterocycles. The number of nitrogens with zero attached hydrogens (tertiary/aromatic N) is 3. The first-order valence-corrected chi connectivity index (χ1v) is 4.90. The van der Waals surface area contributed by atoms with Crippen LogP contribution in [0, 0.1) is 0 Å². The summed E-state index contributed by atoms with van der Waals surface area (Å²) in [6.45, 7) is 2.94. The van der Waals surface area contributed by atoms with E-state index in [4.69, 9.17) is 5.73 Å². The minimum absolute atomic E-state index is 0.746. The Labute approximate surface area is 80.1 Å². The number of thiazole rings is 1. The van der Waals surface area contributed by atoms with Gasteiger partial charge < -0.3 is 10.3 Å². The minimum atomic E-state index is 0.746. The molecule has 0 saturated heterocycles. The van der Waals surface area contributed by atoms with Crippen molar-refractivity contribution < 1.29 is 0 Å². The van der Waals surface area contributed by atoms with Gasteiger partial charge in [-0.2, -0.15) is 0 Å². The molecule has 13 heavy (non-hydrogen) atoms. The van der Waals surface area contributed by atoms with Crippen molar-refractivity contribution in [2.45, 2.75) is 13.5 Å². The van der Waals surface area contributed by atoms with Crippen molar-refractivity contribution in [1.82, 2.24) is 14.5 Å². The van der Waals surface area contributed by atoms with Crippen molar-refractivity contribution in [3.05, 3.63) is 18.0 Å². The molecule has 68 valence electrons. The molecule has 0 bridgehead atoms. The van der Waals surface area contributed by atoms with Gasteiger partial charge >= 0.3 is 0 Å². The smallest absolute Gasteiger partial charge is 0.123 e. The van der Waals surface area contributed by atoms with Crippen LogP contribution in [0.3, 0.4) is 0 Å².